The number of carbonyl (C=O) groups is 1. The van der Waals surface area contributed by atoms with Gasteiger partial charge in [0, 0.05) is 44.6 Å². The highest BCUT2D eigenvalue weighted by atomic mass is 32.1. The van der Waals surface area contributed by atoms with E-state index in [9.17, 15) is 4.79 Å². The van der Waals surface area contributed by atoms with Gasteiger partial charge in [-0.15, -0.1) is 11.3 Å². The van der Waals surface area contributed by atoms with Crippen LogP contribution in [0.25, 0.3) is 10.2 Å². The molecule has 0 N–H and O–H groups in total. The van der Waals surface area contributed by atoms with Crippen molar-refractivity contribution in [1.82, 2.24) is 14.9 Å². The summed E-state index contributed by atoms with van der Waals surface area (Å²) in [7, 11) is 3.66. The van der Waals surface area contributed by atoms with Crippen molar-refractivity contribution >= 4 is 44.7 Å². The number of carbonyl (C=O) groups excluding carboxylic acids is 1. The smallest absolute Gasteiger partial charge is 0.264 e. The minimum absolute atomic E-state index is 0.0724. The van der Waals surface area contributed by atoms with Crippen LogP contribution in [0.15, 0.2) is 60.9 Å². The Hall–Kier alpha value is -3.65. The van der Waals surface area contributed by atoms with Gasteiger partial charge in [0.1, 0.15) is 22.7 Å². The van der Waals surface area contributed by atoms with Crippen molar-refractivity contribution in [2.45, 2.75) is 6.92 Å². The molecule has 2 aromatic heterocycles. The number of benzene rings is 2. The molecule has 3 heterocycles. The number of rotatable bonds is 5. The summed E-state index contributed by atoms with van der Waals surface area (Å²) in [4.78, 5) is 30.4. The summed E-state index contributed by atoms with van der Waals surface area (Å²) < 4.78 is 5.26. The molecule has 1 saturated heterocycles. The molecule has 174 valence electrons. The van der Waals surface area contributed by atoms with Crippen LogP contribution in [-0.4, -0.2) is 61.1 Å². The Morgan fingerprint density at radius 3 is 2.38 bits per heavy atom. The summed E-state index contributed by atoms with van der Waals surface area (Å²) >= 11 is 1.46. The summed E-state index contributed by atoms with van der Waals surface area (Å²) in [5.74, 6) is 1.73. The number of hydrogen-bond donors (Lipinski definition) is 0. The van der Waals surface area contributed by atoms with Gasteiger partial charge in [-0.05, 0) is 48.9 Å². The normalized spacial score (nSPS) is 13.9. The van der Waals surface area contributed by atoms with E-state index in [2.05, 4.69) is 27.0 Å². The van der Waals surface area contributed by atoms with Crippen molar-refractivity contribution in [1.29, 1.82) is 0 Å². The summed E-state index contributed by atoms with van der Waals surface area (Å²) in [6.07, 6.45) is 1.58. The number of anilines is 3. The predicted octanol–water partition coefficient (Wildman–Crippen LogP) is 4.74. The number of nitrogens with zero attached hydrogens (tertiary/aromatic N) is 5. The minimum atomic E-state index is 0.0724. The number of piperazine rings is 1. The Morgan fingerprint density at radius 1 is 1.00 bits per heavy atom. The highest BCUT2D eigenvalue weighted by Crippen LogP contribution is 2.37. The molecule has 0 bridgehead atoms. The van der Waals surface area contributed by atoms with Crippen LogP contribution >= 0.6 is 11.3 Å². The Labute approximate surface area is 203 Å². The number of methoxy groups -OCH3 is 1. The molecule has 0 saturated carbocycles. The molecular formula is C26H27N5O2S. The molecule has 1 aliphatic rings. The molecular weight excluding hydrogens is 446 g/mol. The largest absolute Gasteiger partial charge is 0.497 e. The zero-order valence-electron chi connectivity index (χ0n) is 19.6. The van der Waals surface area contributed by atoms with Crippen LogP contribution in [0.4, 0.5) is 17.2 Å². The average molecular weight is 474 g/mol. The number of hydrogen-bond acceptors (Lipinski definition) is 7. The van der Waals surface area contributed by atoms with Crippen LogP contribution in [0.3, 0.4) is 0 Å². The van der Waals surface area contributed by atoms with Gasteiger partial charge < -0.3 is 19.4 Å². The third kappa shape index (κ3) is 4.05. The number of para-hydroxylation sites is 1. The molecule has 7 nitrogen and oxygen atoms in total. The fourth-order valence-corrected chi connectivity index (χ4v) is 5.50. The van der Waals surface area contributed by atoms with E-state index in [0.717, 1.165) is 56.7 Å². The maximum Gasteiger partial charge on any atom is 0.264 e. The second-order valence-electron chi connectivity index (χ2n) is 8.31. The molecule has 0 radical (unpaired) electrons. The second-order valence-corrected chi connectivity index (χ2v) is 9.30. The zero-order chi connectivity index (χ0) is 23.7. The fraction of sp³-hybridized carbons (Fsp3) is 0.269. The summed E-state index contributed by atoms with van der Waals surface area (Å²) in [6.45, 7) is 4.96. The van der Waals surface area contributed by atoms with Crippen LogP contribution in [-0.2, 0) is 0 Å². The third-order valence-corrected chi connectivity index (χ3v) is 7.55. The first-order valence-electron chi connectivity index (χ1n) is 11.3. The van der Waals surface area contributed by atoms with E-state index in [0.29, 0.717) is 13.1 Å². The number of aryl methyl sites for hydroxylation is 1. The topological polar surface area (TPSA) is 61.8 Å². The molecule has 34 heavy (non-hydrogen) atoms. The minimum Gasteiger partial charge on any atom is -0.497 e. The molecule has 1 aliphatic heterocycles. The van der Waals surface area contributed by atoms with Crippen LogP contribution in [0.5, 0.6) is 5.75 Å². The van der Waals surface area contributed by atoms with Crippen molar-refractivity contribution in [3.05, 3.63) is 71.4 Å². The Balaban J connectivity index is 1.36. The predicted molar refractivity (Wildman–Crippen MR) is 138 cm³/mol. The van der Waals surface area contributed by atoms with Crippen molar-refractivity contribution in [3.8, 4) is 5.75 Å². The van der Waals surface area contributed by atoms with Crippen molar-refractivity contribution < 1.29 is 9.53 Å². The first-order valence-corrected chi connectivity index (χ1v) is 12.1. The first-order chi connectivity index (χ1) is 16.6. The number of fused-ring (bicyclic) bond motifs is 1. The number of aromatic nitrogens is 2. The van der Waals surface area contributed by atoms with Gasteiger partial charge in [0.25, 0.3) is 5.91 Å². The molecule has 0 unspecified atom stereocenters. The van der Waals surface area contributed by atoms with Gasteiger partial charge in [0.2, 0.25) is 0 Å². The van der Waals surface area contributed by atoms with E-state index in [4.69, 9.17) is 4.74 Å². The van der Waals surface area contributed by atoms with Gasteiger partial charge in [-0.25, -0.2) is 9.97 Å². The van der Waals surface area contributed by atoms with E-state index < -0.39 is 0 Å². The third-order valence-electron chi connectivity index (χ3n) is 6.37. The Bertz CT molecular complexity index is 1300. The van der Waals surface area contributed by atoms with Crippen molar-refractivity contribution in [3.63, 3.8) is 0 Å². The standard InChI is InChI=1S/C26H27N5O2S/c1-18-22-24(29(2)19-7-5-4-6-8-19)27-17-28-25(22)34-23(18)26(32)31-15-13-30(14-16-31)20-9-11-21(33-3)12-10-20/h4-12,17H,13-16H2,1-3H3. The van der Waals surface area contributed by atoms with Crippen molar-refractivity contribution in [2.24, 2.45) is 0 Å². The highest BCUT2D eigenvalue weighted by molar-refractivity contribution is 7.20. The lowest BCUT2D eigenvalue weighted by Gasteiger charge is -2.36. The van der Waals surface area contributed by atoms with Crippen LogP contribution in [0, 0.1) is 6.92 Å². The van der Waals surface area contributed by atoms with Crippen LogP contribution in [0.1, 0.15) is 15.2 Å². The van der Waals surface area contributed by atoms with Gasteiger partial charge in [-0.1, -0.05) is 18.2 Å². The first kappa shape index (κ1) is 22.2. The van der Waals surface area contributed by atoms with Crippen LogP contribution < -0.4 is 14.5 Å². The second kappa shape index (κ2) is 9.30. The van der Waals surface area contributed by atoms with E-state index >= 15 is 0 Å². The molecule has 1 fully saturated rings. The quantitative estimate of drug-likeness (QED) is 0.417. The average Bonchev–Trinajstić information content (AvgIpc) is 3.25. The van der Waals surface area contributed by atoms with Gasteiger partial charge in [0.05, 0.1) is 17.4 Å². The van der Waals surface area contributed by atoms with E-state index in [1.807, 2.05) is 66.2 Å². The molecule has 5 rings (SSSR count). The summed E-state index contributed by atoms with van der Waals surface area (Å²) in [5.41, 5.74) is 3.13. The summed E-state index contributed by atoms with van der Waals surface area (Å²) in [5, 5.41) is 0.944. The van der Waals surface area contributed by atoms with Gasteiger partial charge >= 0.3 is 0 Å². The Kier molecular flexibility index (Phi) is 6.06. The van der Waals surface area contributed by atoms with E-state index in [-0.39, 0.29) is 5.91 Å². The Morgan fingerprint density at radius 2 is 1.71 bits per heavy atom. The molecule has 0 aliphatic carbocycles. The van der Waals surface area contributed by atoms with Crippen molar-refractivity contribution in [2.75, 3.05) is 50.1 Å². The lowest BCUT2D eigenvalue weighted by molar-refractivity contribution is 0.0751. The number of ether oxygens (including phenoxy) is 1. The highest BCUT2D eigenvalue weighted by Gasteiger charge is 2.27. The van der Waals surface area contributed by atoms with E-state index in [1.165, 1.54) is 11.3 Å². The maximum atomic E-state index is 13.5. The molecule has 0 atom stereocenters. The molecule has 1 amide bonds. The lowest BCUT2D eigenvalue weighted by atomic mass is 10.1. The molecule has 2 aromatic carbocycles. The van der Waals surface area contributed by atoms with Crippen LogP contribution in [0.2, 0.25) is 0 Å². The molecule has 4 aromatic rings. The lowest BCUT2D eigenvalue weighted by Crippen LogP contribution is -2.48. The molecule has 0 spiro atoms. The maximum absolute atomic E-state index is 13.5. The fourth-order valence-electron chi connectivity index (χ4n) is 4.39. The number of amides is 1. The van der Waals surface area contributed by atoms with Gasteiger partial charge in [0.15, 0.2) is 0 Å². The summed E-state index contributed by atoms with van der Waals surface area (Å²) in [6, 6.07) is 18.2. The van der Waals surface area contributed by atoms with Gasteiger partial charge in [-0.3, -0.25) is 4.79 Å². The SMILES string of the molecule is COc1ccc(N2CCN(C(=O)c3sc4ncnc(N(C)c5ccccc5)c4c3C)CC2)cc1. The number of thiophene rings is 1. The van der Waals surface area contributed by atoms with Gasteiger partial charge in [-0.2, -0.15) is 0 Å². The monoisotopic (exact) mass is 473 g/mol. The van der Waals surface area contributed by atoms with E-state index in [1.54, 1.807) is 13.4 Å². The molecule has 8 heteroatoms. The zero-order valence-corrected chi connectivity index (χ0v) is 20.4.